The maximum absolute atomic E-state index is 3.82. The molecule has 1 aliphatic rings. The summed E-state index contributed by atoms with van der Waals surface area (Å²) in [6.07, 6.45) is 3.85. The first-order chi connectivity index (χ1) is 6.65. The van der Waals surface area contributed by atoms with Crippen LogP contribution >= 0.6 is 15.9 Å². The van der Waals surface area contributed by atoms with Crippen molar-refractivity contribution in [1.82, 2.24) is 0 Å². The van der Waals surface area contributed by atoms with E-state index in [0.717, 1.165) is 6.42 Å². The number of hydrogen-bond donors (Lipinski definition) is 0. The molecule has 1 unspecified atom stereocenters. The third-order valence-electron chi connectivity index (χ3n) is 3.33. The van der Waals surface area contributed by atoms with E-state index >= 15 is 0 Å². The molecule has 1 fully saturated rings. The monoisotopic (exact) mass is 252 g/mol. The van der Waals surface area contributed by atoms with E-state index in [1.54, 1.807) is 0 Å². The highest BCUT2D eigenvalue weighted by Gasteiger charge is 2.44. The minimum Gasteiger partial charge on any atom is -0.0833 e. The highest BCUT2D eigenvalue weighted by atomic mass is 79.9. The molecule has 0 aromatic heterocycles. The molecule has 0 spiro atoms. The minimum absolute atomic E-state index is 0.522. The predicted molar refractivity (Wildman–Crippen MR) is 64.8 cm³/mol. The van der Waals surface area contributed by atoms with Gasteiger partial charge in [0.25, 0.3) is 0 Å². The van der Waals surface area contributed by atoms with Crippen LogP contribution in [0.1, 0.15) is 42.6 Å². The first kappa shape index (κ1) is 10.2. The smallest absolute Gasteiger partial charge is 0.0448 e. The second-order valence-corrected chi connectivity index (χ2v) is 5.53. The van der Waals surface area contributed by atoms with E-state index in [1.165, 1.54) is 24.0 Å². The SMILES string of the molecule is CCc1ccc(C(Br)C2(C)CC2)cc1. The molecule has 1 heteroatoms. The van der Waals surface area contributed by atoms with Crippen molar-refractivity contribution in [3.63, 3.8) is 0 Å². The molecule has 76 valence electrons. The second-order valence-electron chi connectivity index (χ2n) is 4.61. The van der Waals surface area contributed by atoms with Gasteiger partial charge in [-0.1, -0.05) is 54.0 Å². The Kier molecular flexibility index (Phi) is 2.70. The molecule has 0 bridgehead atoms. The zero-order valence-corrected chi connectivity index (χ0v) is 10.5. The van der Waals surface area contributed by atoms with E-state index in [1.807, 2.05) is 0 Å². The highest BCUT2D eigenvalue weighted by molar-refractivity contribution is 9.09. The average Bonchev–Trinajstić information content (AvgIpc) is 2.97. The van der Waals surface area contributed by atoms with Crippen molar-refractivity contribution >= 4 is 15.9 Å². The lowest BCUT2D eigenvalue weighted by Gasteiger charge is -2.17. The molecule has 0 amide bonds. The zero-order chi connectivity index (χ0) is 10.2. The van der Waals surface area contributed by atoms with Gasteiger partial charge in [-0.25, -0.2) is 0 Å². The number of halogens is 1. The van der Waals surface area contributed by atoms with Crippen LogP contribution in [0.15, 0.2) is 24.3 Å². The van der Waals surface area contributed by atoms with Gasteiger partial charge in [0.05, 0.1) is 0 Å². The summed E-state index contributed by atoms with van der Waals surface area (Å²) in [5.41, 5.74) is 3.38. The van der Waals surface area contributed by atoms with Crippen LogP contribution in [0.2, 0.25) is 0 Å². The van der Waals surface area contributed by atoms with Crippen molar-refractivity contribution in [3.8, 4) is 0 Å². The molecule has 0 heterocycles. The molecule has 0 nitrogen and oxygen atoms in total. The van der Waals surface area contributed by atoms with Crippen LogP contribution in [0.5, 0.6) is 0 Å². The van der Waals surface area contributed by atoms with Crippen molar-refractivity contribution in [2.45, 2.75) is 37.9 Å². The van der Waals surface area contributed by atoms with Gasteiger partial charge in [0, 0.05) is 4.83 Å². The van der Waals surface area contributed by atoms with Crippen molar-refractivity contribution in [3.05, 3.63) is 35.4 Å². The van der Waals surface area contributed by atoms with Crippen molar-refractivity contribution < 1.29 is 0 Å². The normalized spacial score (nSPS) is 20.5. The summed E-state index contributed by atoms with van der Waals surface area (Å²) >= 11 is 3.82. The van der Waals surface area contributed by atoms with Gasteiger partial charge in [0.1, 0.15) is 0 Å². The summed E-state index contributed by atoms with van der Waals surface area (Å²) in [6, 6.07) is 9.02. The summed E-state index contributed by atoms with van der Waals surface area (Å²) in [5.74, 6) is 0. The predicted octanol–water partition coefficient (Wildman–Crippen LogP) is 4.49. The van der Waals surface area contributed by atoms with Crippen LogP contribution < -0.4 is 0 Å². The van der Waals surface area contributed by atoms with Crippen molar-refractivity contribution in [2.24, 2.45) is 5.41 Å². The van der Waals surface area contributed by atoms with Crippen LogP contribution in [-0.4, -0.2) is 0 Å². The third kappa shape index (κ3) is 1.88. The van der Waals surface area contributed by atoms with Crippen molar-refractivity contribution in [1.29, 1.82) is 0 Å². The van der Waals surface area contributed by atoms with E-state index < -0.39 is 0 Å². The second kappa shape index (κ2) is 3.69. The molecule has 2 rings (SSSR count). The molecular weight excluding hydrogens is 236 g/mol. The Balaban J connectivity index is 2.16. The number of benzene rings is 1. The number of rotatable bonds is 3. The van der Waals surface area contributed by atoms with Gasteiger partial charge in [-0.05, 0) is 35.8 Å². The molecule has 0 N–H and O–H groups in total. The average molecular weight is 253 g/mol. The fraction of sp³-hybridized carbons (Fsp3) is 0.538. The number of hydrogen-bond acceptors (Lipinski definition) is 0. The minimum atomic E-state index is 0.522. The molecule has 1 aliphatic carbocycles. The summed E-state index contributed by atoms with van der Waals surface area (Å²) in [7, 11) is 0. The lowest BCUT2D eigenvalue weighted by molar-refractivity contribution is 0.564. The molecule has 0 saturated heterocycles. The van der Waals surface area contributed by atoms with Gasteiger partial charge >= 0.3 is 0 Å². The first-order valence-electron chi connectivity index (χ1n) is 5.38. The van der Waals surface area contributed by atoms with Crippen LogP contribution in [0.3, 0.4) is 0 Å². The standard InChI is InChI=1S/C13H17Br/c1-3-10-4-6-11(7-5-10)12(14)13(2)8-9-13/h4-7,12H,3,8-9H2,1-2H3. The molecule has 0 aliphatic heterocycles. The summed E-state index contributed by atoms with van der Waals surface area (Å²) < 4.78 is 0. The molecular formula is C13H17Br. The highest BCUT2D eigenvalue weighted by Crippen LogP contribution is 2.58. The molecule has 14 heavy (non-hydrogen) atoms. The van der Waals surface area contributed by atoms with Crippen LogP contribution in [0.25, 0.3) is 0 Å². The molecule has 1 atom stereocenters. The summed E-state index contributed by atoms with van der Waals surface area (Å²) in [4.78, 5) is 0.543. The van der Waals surface area contributed by atoms with Gasteiger partial charge in [-0.15, -0.1) is 0 Å². The summed E-state index contributed by atoms with van der Waals surface area (Å²) in [5, 5.41) is 0. The zero-order valence-electron chi connectivity index (χ0n) is 8.89. The maximum Gasteiger partial charge on any atom is 0.0448 e. The summed E-state index contributed by atoms with van der Waals surface area (Å²) in [6.45, 7) is 4.56. The van der Waals surface area contributed by atoms with Gasteiger partial charge < -0.3 is 0 Å². The van der Waals surface area contributed by atoms with Gasteiger partial charge in [-0.3, -0.25) is 0 Å². The Bertz CT molecular complexity index is 309. The lowest BCUT2D eigenvalue weighted by atomic mass is 9.97. The van der Waals surface area contributed by atoms with Crippen LogP contribution in [-0.2, 0) is 6.42 Å². The van der Waals surface area contributed by atoms with Gasteiger partial charge in [0.15, 0.2) is 0 Å². The Hall–Kier alpha value is -0.300. The van der Waals surface area contributed by atoms with Crippen molar-refractivity contribution in [2.75, 3.05) is 0 Å². The number of aryl methyl sites for hydroxylation is 1. The Morgan fingerprint density at radius 1 is 1.29 bits per heavy atom. The first-order valence-corrected chi connectivity index (χ1v) is 6.30. The van der Waals surface area contributed by atoms with E-state index in [4.69, 9.17) is 0 Å². The Labute approximate surface area is 94.8 Å². The van der Waals surface area contributed by atoms with Crippen LogP contribution in [0.4, 0.5) is 0 Å². The van der Waals surface area contributed by atoms with E-state index in [9.17, 15) is 0 Å². The fourth-order valence-electron chi connectivity index (χ4n) is 1.78. The molecule has 1 aromatic rings. The van der Waals surface area contributed by atoms with E-state index in [0.29, 0.717) is 10.2 Å². The lowest BCUT2D eigenvalue weighted by Crippen LogP contribution is -2.03. The fourth-order valence-corrected chi connectivity index (χ4v) is 2.54. The Morgan fingerprint density at radius 3 is 2.29 bits per heavy atom. The Morgan fingerprint density at radius 2 is 1.86 bits per heavy atom. The number of alkyl halides is 1. The van der Waals surface area contributed by atoms with E-state index in [-0.39, 0.29) is 0 Å². The van der Waals surface area contributed by atoms with Gasteiger partial charge in [0.2, 0.25) is 0 Å². The van der Waals surface area contributed by atoms with E-state index in [2.05, 4.69) is 54.0 Å². The molecule has 0 radical (unpaired) electrons. The largest absolute Gasteiger partial charge is 0.0833 e. The topological polar surface area (TPSA) is 0 Å². The molecule has 1 saturated carbocycles. The quantitative estimate of drug-likeness (QED) is 0.696. The third-order valence-corrected chi connectivity index (χ3v) is 4.97. The van der Waals surface area contributed by atoms with Crippen LogP contribution in [0, 0.1) is 5.41 Å². The van der Waals surface area contributed by atoms with Gasteiger partial charge in [-0.2, -0.15) is 0 Å². The maximum atomic E-state index is 3.82. The molecule has 1 aromatic carbocycles.